The number of nitrogens with zero attached hydrogens (tertiary/aromatic N) is 3. The van der Waals surface area contributed by atoms with Crippen molar-refractivity contribution in [2.24, 2.45) is 0 Å². The lowest BCUT2D eigenvalue weighted by molar-refractivity contribution is -0.742. The molecule has 1 aliphatic heterocycles. The van der Waals surface area contributed by atoms with Crippen molar-refractivity contribution >= 4 is 16.8 Å². The summed E-state index contributed by atoms with van der Waals surface area (Å²) in [6, 6.07) is 7.19. The second-order valence-corrected chi connectivity index (χ2v) is 5.15. The van der Waals surface area contributed by atoms with Crippen molar-refractivity contribution in [3.63, 3.8) is 0 Å². The molecule has 20 heavy (non-hydrogen) atoms. The van der Waals surface area contributed by atoms with Crippen LogP contribution in [0.25, 0.3) is 10.9 Å². The van der Waals surface area contributed by atoms with Crippen LogP contribution in [-0.2, 0) is 11.3 Å². The lowest BCUT2D eigenvalue weighted by Crippen LogP contribution is -2.48. The highest BCUT2D eigenvalue weighted by atomic mass is 16.3. The van der Waals surface area contributed by atoms with Crippen LogP contribution in [0.5, 0.6) is 5.75 Å². The van der Waals surface area contributed by atoms with E-state index >= 15 is 0 Å². The molecule has 5 nitrogen and oxygen atoms in total. The molecule has 2 aromatic rings. The number of benzene rings is 1. The maximum Gasteiger partial charge on any atom is 0.291 e. The molecular formula is C15H17N3O2. The van der Waals surface area contributed by atoms with E-state index in [4.69, 9.17) is 0 Å². The number of carbonyl (C=O) groups excluding carboxylic acids is 1. The van der Waals surface area contributed by atoms with E-state index in [0.29, 0.717) is 10.9 Å². The van der Waals surface area contributed by atoms with Gasteiger partial charge in [0.25, 0.3) is 12.5 Å². The molecule has 1 aromatic heterocycles. The molecule has 1 saturated heterocycles. The number of hydrogen-bond donors (Lipinski definition) is 0. The Bertz CT molecular complexity index is 636. The molecule has 0 saturated carbocycles. The highest BCUT2D eigenvalue weighted by Gasteiger charge is 2.21. The van der Waals surface area contributed by atoms with Gasteiger partial charge >= 0.3 is 0 Å². The van der Waals surface area contributed by atoms with Crippen LogP contribution in [0.1, 0.15) is 19.3 Å². The molecule has 0 spiro atoms. The zero-order chi connectivity index (χ0) is 13.9. The Kier molecular flexibility index (Phi) is 3.50. The monoisotopic (exact) mass is 271 g/mol. The number of carbonyl (C=O) groups is 1. The Morgan fingerprint density at radius 1 is 1.25 bits per heavy atom. The summed E-state index contributed by atoms with van der Waals surface area (Å²) in [5, 5.41) is 16.9. The van der Waals surface area contributed by atoms with Crippen LogP contribution in [0, 0.1) is 0 Å². The topological polar surface area (TPSA) is 60.1 Å². The van der Waals surface area contributed by atoms with Crippen LogP contribution in [0.2, 0.25) is 0 Å². The van der Waals surface area contributed by atoms with Gasteiger partial charge < -0.3 is 10.0 Å². The van der Waals surface area contributed by atoms with Crippen molar-refractivity contribution in [2.45, 2.75) is 25.8 Å². The van der Waals surface area contributed by atoms with Crippen molar-refractivity contribution in [1.29, 1.82) is 0 Å². The number of piperidine rings is 1. The van der Waals surface area contributed by atoms with Crippen molar-refractivity contribution in [3.05, 3.63) is 30.5 Å². The molecule has 0 radical (unpaired) electrons. The lowest BCUT2D eigenvalue weighted by Gasteiger charge is -2.25. The normalized spacial score (nSPS) is 15.5. The van der Waals surface area contributed by atoms with Gasteiger partial charge in [0, 0.05) is 23.6 Å². The predicted molar refractivity (Wildman–Crippen MR) is 71.8 cm³/mol. The average molecular weight is 271 g/mol. The van der Waals surface area contributed by atoms with Crippen molar-refractivity contribution in [1.82, 2.24) is 10.00 Å². The minimum Gasteiger partial charge on any atom is -0.868 e. The van der Waals surface area contributed by atoms with E-state index in [1.807, 2.05) is 17.0 Å². The Balaban J connectivity index is 1.81. The maximum absolute atomic E-state index is 12.2. The summed E-state index contributed by atoms with van der Waals surface area (Å²) in [4.78, 5) is 14.0. The molecule has 0 N–H and O–H groups in total. The number of aromatic nitrogens is 2. The quantitative estimate of drug-likeness (QED) is 0.752. The van der Waals surface area contributed by atoms with E-state index in [1.54, 1.807) is 12.1 Å². The van der Waals surface area contributed by atoms with Crippen LogP contribution in [-0.4, -0.2) is 29.0 Å². The number of amides is 1. The van der Waals surface area contributed by atoms with Crippen LogP contribution in [0.3, 0.4) is 0 Å². The van der Waals surface area contributed by atoms with Crippen LogP contribution in [0.15, 0.2) is 30.5 Å². The molecule has 3 rings (SSSR count). The zero-order valence-corrected chi connectivity index (χ0v) is 11.3. The zero-order valence-electron chi connectivity index (χ0n) is 11.3. The largest absolute Gasteiger partial charge is 0.868 e. The number of hydrogen-bond acceptors (Lipinski definition) is 3. The molecule has 1 amide bonds. The Morgan fingerprint density at radius 3 is 2.80 bits per heavy atom. The molecule has 2 heterocycles. The van der Waals surface area contributed by atoms with Crippen molar-refractivity contribution in [3.8, 4) is 5.75 Å². The summed E-state index contributed by atoms with van der Waals surface area (Å²) in [6.07, 6.45) is 4.72. The molecule has 0 bridgehead atoms. The van der Waals surface area contributed by atoms with Gasteiger partial charge in [-0.25, -0.2) is 0 Å². The first-order valence-electron chi connectivity index (χ1n) is 6.98. The predicted octanol–water partition coefficient (Wildman–Crippen LogP) is 0.608. The summed E-state index contributed by atoms with van der Waals surface area (Å²) in [5.41, 5.74) is 0.631. The van der Waals surface area contributed by atoms with Gasteiger partial charge in [0.15, 0.2) is 6.20 Å². The van der Waals surface area contributed by atoms with E-state index < -0.39 is 0 Å². The number of rotatable bonds is 2. The molecule has 1 fully saturated rings. The van der Waals surface area contributed by atoms with Gasteiger partial charge in [0.1, 0.15) is 5.52 Å². The molecule has 1 aliphatic rings. The highest BCUT2D eigenvalue weighted by Crippen LogP contribution is 2.17. The summed E-state index contributed by atoms with van der Waals surface area (Å²) in [6.45, 7) is 1.77. The first kappa shape index (κ1) is 12.8. The van der Waals surface area contributed by atoms with Gasteiger partial charge in [-0.2, -0.15) is 0 Å². The average Bonchev–Trinajstić information content (AvgIpc) is 2.48. The second-order valence-electron chi connectivity index (χ2n) is 5.15. The second kappa shape index (κ2) is 5.45. The summed E-state index contributed by atoms with van der Waals surface area (Å²) < 4.78 is 1.46. The number of fused-ring (bicyclic) bond motifs is 1. The van der Waals surface area contributed by atoms with E-state index in [9.17, 15) is 9.90 Å². The minimum atomic E-state index is -0.0953. The molecule has 104 valence electrons. The molecule has 0 unspecified atom stereocenters. The molecule has 0 atom stereocenters. The third-order valence-electron chi connectivity index (χ3n) is 3.68. The first-order valence-corrected chi connectivity index (χ1v) is 6.98. The van der Waals surface area contributed by atoms with Crippen LogP contribution < -0.4 is 9.79 Å². The van der Waals surface area contributed by atoms with Crippen molar-refractivity contribution in [2.75, 3.05) is 13.1 Å². The summed E-state index contributed by atoms with van der Waals surface area (Å²) >= 11 is 0. The fraction of sp³-hybridized carbons (Fsp3) is 0.400. The Labute approximate surface area is 117 Å². The molecule has 1 aromatic carbocycles. The van der Waals surface area contributed by atoms with Gasteiger partial charge in [0.05, 0.1) is 0 Å². The minimum absolute atomic E-state index is 0.0388. The highest BCUT2D eigenvalue weighted by molar-refractivity contribution is 5.82. The van der Waals surface area contributed by atoms with E-state index in [-0.39, 0.29) is 18.2 Å². The fourth-order valence-corrected chi connectivity index (χ4v) is 2.60. The van der Waals surface area contributed by atoms with E-state index in [1.165, 1.54) is 17.3 Å². The van der Waals surface area contributed by atoms with Crippen molar-refractivity contribution < 1.29 is 14.6 Å². The Morgan fingerprint density at radius 2 is 2.00 bits per heavy atom. The number of likely N-dealkylation sites (tertiary alicyclic amines) is 1. The van der Waals surface area contributed by atoms with Gasteiger partial charge in [-0.1, -0.05) is 22.9 Å². The standard InChI is InChI=1S/C15H17N3O2/c19-14-10-18(16-13-7-3-2-6-12(13)14)11-15(20)17-8-4-1-5-9-17/h2-3,6-7,10H,1,4-5,8-9,11H2. The molecule has 0 aliphatic carbocycles. The van der Waals surface area contributed by atoms with Crippen LogP contribution in [0.4, 0.5) is 0 Å². The smallest absolute Gasteiger partial charge is 0.291 e. The SMILES string of the molecule is O=C(C[n+]1cc([O-])c2ccccc2n1)N1CCCCC1. The van der Waals surface area contributed by atoms with E-state index in [0.717, 1.165) is 25.9 Å². The molecular weight excluding hydrogens is 254 g/mol. The third-order valence-corrected chi connectivity index (χ3v) is 3.68. The van der Waals surface area contributed by atoms with Gasteiger partial charge in [-0.3, -0.25) is 4.79 Å². The van der Waals surface area contributed by atoms with Gasteiger partial charge in [-0.05, 0) is 31.1 Å². The van der Waals surface area contributed by atoms with Gasteiger partial charge in [0.2, 0.25) is 0 Å². The van der Waals surface area contributed by atoms with Crippen LogP contribution >= 0.6 is 0 Å². The first-order chi connectivity index (χ1) is 9.74. The van der Waals surface area contributed by atoms with Gasteiger partial charge in [-0.15, -0.1) is 0 Å². The van der Waals surface area contributed by atoms with E-state index in [2.05, 4.69) is 5.10 Å². The lowest BCUT2D eigenvalue weighted by atomic mass is 10.1. The molecule has 5 heteroatoms. The summed E-state index contributed by atoms with van der Waals surface area (Å²) in [7, 11) is 0. The summed E-state index contributed by atoms with van der Waals surface area (Å²) in [5.74, 6) is -0.0566. The fourth-order valence-electron chi connectivity index (χ4n) is 2.60. The maximum atomic E-state index is 12.2. The third kappa shape index (κ3) is 2.57. The Hall–Kier alpha value is -2.17.